The molecule has 7 nitrogen and oxygen atoms in total. The first-order chi connectivity index (χ1) is 9.42. The molecule has 0 bridgehead atoms. The van der Waals surface area contributed by atoms with Crippen LogP contribution in [0.4, 0.5) is 0 Å². The molecule has 1 aromatic heterocycles. The molecule has 2 heterocycles. The van der Waals surface area contributed by atoms with Gasteiger partial charge < -0.3 is 26.2 Å². The Kier molecular flexibility index (Phi) is 2.62. The van der Waals surface area contributed by atoms with Crippen molar-refractivity contribution in [3.63, 3.8) is 0 Å². The maximum atomic E-state index is 11.5. The number of nitrogens with two attached hydrogens (primary N) is 1. The highest BCUT2D eigenvalue weighted by Crippen LogP contribution is 2.37. The quantitative estimate of drug-likeness (QED) is 0.516. The Morgan fingerprint density at radius 2 is 2.25 bits per heavy atom. The standard InChI is InChI=1S/C13H16N4O3/c1-13(3-2-4-15-13)12-16-6-5-7(18)10(19)8(11(14)20)9(6)17-12/h5,15,18-19H,2-4H2,1H3,(H2,14,20)(H,16,17)/t13-/m1/s1. The summed E-state index contributed by atoms with van der Waals surface area (Å²) in [5.74, 6) is -1.10. The van der Waals surface area contributed by atoms with Gasteiger partial charge in [-0.2, -0.15) is 0 Å². The summed E-state index contributed by atoms with van der Waals surface area (Å²) in [5, 5.41) is 22.8. The van der Waals surface area contributed by atoms with Crippen LogP contribution in [0.3, 0.4) is 0 Å². The highest BCUT2D eigenvalue weighted by Gasteiger charge is 2.34. The fourth-order valence-corrected chi connectivity index (χ4v) is 2.72. The molecule has 1 amide bonds. The SMILES string of the molecule is C[C@]1(c2nc3c(C(N)=O)c(O)c(O)cc3[nH]2)CCCN1. The molecule has 6 N–H and O–H groups in total. The number of carbonyl (C=O) groups excluding carboxylic acids is 1. The minimum atomic E-state index is -0.828. The number of aromatic nitrogens is 2. The Bertz CT molecular complexity index is 701. The van der Waals surface area contributed by atoms with Gasteiger partial charge in [0.1, 0.15) is 16.9 Å². The minimum absolute atomic E-state index is 0.163. The van der Waals surface area contributed by atoms with Crippen molar-refractivity contribution < 1.29 is 15.0 Å². The Labute approximate surface area is 114 Å². The van der Waals surface area contributed by atoms with Crippen molar-refractivity contribution in [1.82, 2.24) is 15.3 Å². The Hall–Kier alpha value is -2.28. The zero-order valence-corrected chi connectivity index (χ0v) is 11.0. The molecule has 0 saturated carbocycles. The van der Waals surface area contributed by atoms with E-state index in [9.17, 15) is 15.0 Å². The fourth-order valence-electron chi connectivity index (χ4n) is 2.72. The van der Waals surface area contributed by atoms with E-state index in [0.29, 0.717) is 11.3 Å². The molecule has 3 rings (SSSR count). The highest BCUT2D eigenvalue weighted by molar-refractivity contribution is 6.07. The summed E-state index contributed by atoms with van der Waals surface area (Å²) in [5.41, 5.74) is 5.54. The van der Waals surface area contributed by atoms with Gasteiger partial charge in [-0.15, -0.1) is 0 Å². The number of carbonyl (C=O) groups is 1. The molecule has 7 heteroatoms. The largest absolute Gasteiger partial charge is 0.504 e. The molecule has 1 fully saturated rings. The van der Waals surface area contributed by atoms with Crippen molar-refractivity contribution in [2.45, 2.75) is 25.3 Å². The lowest BCUT2D eigenvalue weighted by molar-refractivity contribution is 0.0998. The van der Waals surface area contributed by atoms with Crippen LogP contribution in [0.15, 0.2) is 6.07 Å². The van der Waals surface area contributed by atoms with E-state index in [1.807, 2.05) is 6.92 Å². The van der Waals surface area contributed by atoms with E-state index in [4.69, 9.17) is 5.73 Å². The van der Waals surface area contributed by atoms with Gasteiger partial charge in [-0.05, 0) is 26.3 Å². The van der Waals surface area contributed by atoms with Crippen molar-refractivity contribution >= 4 is 16.9 Å². The first-order valence-electron chi connectivity index (χ1n) is 6.42. The van der Waals surface area contributed by atoms with Crippen LogP contribution in [0, 0.1) is 0 Å². The molecular weight excluding hydrogens is 260 g/mol. The van der Waals surface area contributed by atoms with Gasteiger partial charge in [-0.1, -0.05) is 0 Å². The number of nitrogens with one attached hydrogen (secondary N) is 2. The maximum absolute atomic E-state index is 11.5. The average Bonchev–Trinajstić information content (AvgIpc) is 2.97. The number of amides is 1. The number of fused-ring (bicyclic) bond motifs is 1. The molecular formula is C13H16N4O3. The van der Waals surface area contributed by atoms with Crippen LogP contribution in [0.5, 0.6) is 11.5 Å². The molecule has 1 aromatic carbocycles. The van der Waals surface area contributed by atoms with Crippen molar-refractivity contribution in [1.29, 1.82) is 0 Å². The van der Waals surface area contributed by atoms with Gasteiger partial charge in [0, 0.05) is 6.07 Å². The lowest BCUT2D eigenvalue weighted by Crippen LogP contribution is -2.34. The molecule has 2 aromatic rings. The predicted molar refractivity (Wildman–Crippen MR) is 72.5 cm³/mol. The summed E-state index contributed by atoms with van der Waals surface area (Å²) in [6.45, 7) is 2.91. The smallest absolute Gasteiger partial charge is 0.254 e. The summed E-state index contributed by atoms with van der Waals surface area (Å²) in [7, 11) is 0. The van der Waals surface area contributed by atoms with Crippen molar-refractivity contribution in [2.24, 2.45) is 5.73 Å². The number of hydrogen-bond acceptors (Lipinski definition) is 5. The van der Waals surface area contributed by atoms with Crippen LogP contribution in [0.1, 0.15) is 35.9 Å². The van der Waals surface area contributed by atoms with Crippen molar-refractivity contribution in [3.8, 4) is 11.5 Å². The van der Waals surface area contributed by atoms with Crippen LogP contribution in [0.25, 0.3) is 11.0 Å². The second-order valence-corrected chi connectivity index (χ2v) is 5.33. The van der Waals surface area contributed by atoms with E-state index in [1.54, 1.807) is 0 Å². The minimum Gasteiger partial charge on any atom is -0.504 e. The van der Waals surface area contributed by atoms with E-state index in [-0.39, 0.29) is 16.6 Å². The van der Waals surface area contributed by atoms with Crippen molar-refractivity contribution in [2.75, 3.05) is 6.54 Å². The number of phenols is 2. The number of nitrogens with zero attached hydrogens (tertiary/aromatic N) is 1. The average molecular weight is 276 g/mol. The third kappa shape index (κ3) is 1.70. The normalized spacial score (nSPS) is 22.4. The van der Waals surface area contributed by atoms with Crippen LogP contribution in [-0.2, 0) is 5.54 Å². The van der Waals surface area contributed by atoms with Crippen LogP contribution >= 0.6 is 0 Å². The lowest BCUT2D eigenvalue weighted by atomic mass is 10.00. The summed E-state index contributed by atoms with van der Waals surface area (Å²) in [6.07, 6.45) is 1.95. The van der Waals surface area contributed by atoms with Gasteiger partial charge >= 0.3 is 0 Å². The Morgan fingerprint density at radius 3 is 2.85 bits per heavy atom. The highest BCUT2D eigenvalue weighted by atomic mass is 16.3. The van der Waals surface area contributed by atoms with E-state index >= 15 is 0 Å². The van der Waals surface area contributed by atoms with Crippen LogP contribution in [0.2, 0.25) is 0 Å². The fraction of sp³-hybridized carbons (Fsp3) is 0.385. The van der Waals surface area contributed by atoms with Gasteiger partial charge in [0.05, 0.1) is 11.1 Å². The van der Waals surface area contributed by atoms with Gasteiger partial charge in [0.25, 0.3) is 5.91 Å². The number of aromatic amines is 1. The summed E-state index contributed by atoms with van der Waals surface area (Å²) >= 11 is 0. The number of H-pyrrole nitrogens is 1. The van der Waals surface area contributed by atoms with Crippen LogP contribution in [-0.4, -0.2) is 32.6 Å². The van der Waals surface area contributed by atoms with Crippen molar-refractivity contribution in [3.05, 3.63) is 17.5 Å². The number of hydrogen-bond donors (Lipinski definition) is 5. The molecule has 1 aliphatic heterocycles. The Balaban J connectivity index is 2.25. The first-order valence-corrected chi connectivity index (χ1v) is 6.42. The second kappa shape index (κ2) is 4.11. The van der Waals surface area contributed by atoms with E-state index in [2.05, 4.69) is 15.3 Å². The molecule has 20 heavy (non-hydrogen) atoms. The van der Waals surface area contributed by atoms with Gasteiger partial charge in [-0.25, -0.2) is 4.98 Å². The summed E-state index contributed by atoms with van der Waals surface area (Å²) in [4.78, 5) is 19.0. The predicted octanol–water partition coefficient (Wildman–Crippen LogP) is 0.672. The molecule has 1 saturated heterocycles. The summed E-state index contributed by atoms with van der Waals surface area (Å²) < 4.78 is 0. The number of benzene rings is 1. The molecule has 1 aliphatic rings. The van der Waals surface area contributed by atoms with Gasteiger partial charge in [0.15, 0.2) is 11.5 Å². The maximum Gasteiger partial charge on any atom is 0.254 e. The monoisotopic (exact) mass is 276 g/mol. The second-order valence-electron chi connectivity index (χ2n) is 5.33. The first kappa shape index (κ1) is 12.7. The number of imidazole rings is 1. The topological polar surface area (TPSA) is 124 Å². The summed E-state index contributed by atoms with van der Waals surface area (Å²) in [6, 6.07) is 1.34. The lowest BCUT2D eigenvalue weighted by Gasteiger charge is -2.21. The molecule has 0 radical (unpaired) electrons. The number of rotatable bonds is 2. The molecule has 1 atom stereocenters. The van der Waals surface area contributed by atoms with Gasteiger partial charge in [-0.3, -0.25) is 4.79 Å². The molecule has 0 aliphatic carbocycles. The third-order valence-electron chi connectivity index (χ3n) is 3.87. The number of primary amides is 1. The van der Waals surface area contributed by atoms with Crippen LogP contribution < -0.4 is 11.1 Å². The molecule has 0 spiro atoms. The zero-order chi connectivity index (χ0) is 14.5. The van der Waals surface area contributed by atoms with E-state index in [0.717, 1.165) is 19.4 Å². The molecule has 0 unspecified atom stereocenters. The zero-order valence-electron chi connectivity index (χ0n) is 11.0. The Morgan fingerprint density at radius 1 is 1.50 bits per heavy atom. The van der Waals surface area contributed by atoms with Gasteiger partial charge in [0.2, 0.25) is 0 Å². The molecule has 106 valence electrons. The van der Waals surface area contributed by atoms with E-state index in [1.165, 1.54) is 6.07 Å². The van der Waals surface area contributed by atoms with E-state index < -0.39 is 17.4 Å². The number of aromatic hydroxyl groups is 2. The third-order valence-corrected chi connectivity index (χ3v) is 3.87. The number of phenolic OH excluding ortho intramolecular Hbond substituents is 1.